The first kappa shape index (κ1) is 35.7. The van der Waals surface area contributed by atoms with Crippen LogP contribution in [0.15, 0.2) is 0 Å². The van der Waals surface area contributed by atoms with Gasteiger partial charge < -0.3 is 121 Å². The average Bonchev–Trinajstić information content (AvgIpc) is 2.30. The molecule has 0 atom stereocenters. The van der Waals surface area contributed by atoms with Crippen LogP contribution >= 0.6 is 48.9 Å². The topological polar surface area (TPSA) is 48.1 Å². The fourth-order valence-corrected chi connectivity index (χ4v) is 1.47. The maximum absolute atomic E-state index is 4.59. The number of hydrogen-bond acceptors (Lipinski definition) is 8. The van der Waals surface area contributed by atoms with Crippen LogP contribution < -0.4 is 21.3 Å². The maximum atomic E-state index is 4.59. The SMILES string of the molecule is C.S=C([S-])NCCNC(=S)[S-].S=C([S-])NCCNC(=S)[S-].[Mn+2].[Zn+2]. The minimum Gasteiger partial charge on any atom is -0.412 e. The maximum Gasteiger partial charge on any atom is 2.00 e. The minimum atomic E-state index is 0. The molecule has 0 unspecified atom stereocenters. The molecule has 129 valence electrons. The Balaban J connectivity index is -0.0000000831. The number of nitrogens with one attached hydrogen (secondary N) is 4. The van der Waals surface area contributed by atoms with Gasteiger partial charge in [0, 0.05) is 26.2 Å². The first-order valence-corrected chi connectivity index (χ1v) is 8.31. The summed E-state index contributed by atoms with van der Waals surface area (Å²) in [5.41, 5.74) is 0. The van der Waals surface area contributed by atoms with Gasteiger partial charge in [0.2, 0.25) is 0 Å². The third-order valence-electron chi connectivity index (χ3n) is 1.33. The van der Waals surface area contributed by atoms with Gasteiger partial charge in [0.25, 0.3) is 0 Å². The van der Waals surface area contributed by atoms with Crippen LogP contribution in [0.2, 0.25) is 0 Å². The summed E-state index contributed by atoms with van der Waals surface area (Å²) in [7, 11) is 0. The Labute approximate surface area is 205 Å². The van der Waals surface area contributed by atoms with Crippen molar-refractivity contribution in [2.24, 2.45) is 0 Å². The summed E-state index contributed by atoms with van der Waals surface area (Å²) >= 11 is 36.7. The quantitative estimate of drug-likeness (QED) is 0.157. The normalized spacial score (nSPS) is 7.30. The standard InChI is InChI=1S/2C4H8N2S4.CH4.Mn.Zn/c2*7-3(8)5-1-2-6-4(9)10;;;/h2*1-2H2,(H2,5,7,8)(H2,6,9,10);1H4;;/q;;;2*+2/p-4. The molecule has 4 nitrogen and oxygen atoms in total. The Morgan fingerprint density at radius 2 is 0.696 bits per heavy atom. The molecule has 0 fully saturated rings. The molecule has 0 rings (SSSR count). The Kier molecular flexibility index (Phi) is 40.0. The molecule has 0 aliphatic rings. The first-order valence-electron chi connectivity index (χ1n) is 5.05. The molecule has 14 heteroatoms. The van der Waals surface area contributed by atoms with Crippen molar-refractivity contribution in [3.63, 3.8) is 0 Å². The van der Waals surface area contributed by atoms with E-state index < -0.39 is 0 Å². The summed E-state index contributed by atoms with van der Waals surface area (Å²) in [6.07, 6.45) is 0. The third kappa shape index (κ3) is 45.2. The van der Waals surface area contributed by atoms with Crippen LogP contribution in [0.3, 0.4) is 0 Å². The van der Waals surface area contributed by atoms with Gasteiger partial charge in [0.15, 0.2) is 0 Å². The summed E-state index contributed by atoms with van der Waals surface area (Å²) in [4.78, 5) is 0. The molecule has 0 bridgehead atoms. The van der Waals surface area contributed by atoms with Crippen molar-refractivity contribution in [2.45, 2.75) is 7.43 Å². The van der Waals surface area contributed by atoms with Crippen molar-refractivity contribution in [3.8, 4) is 0 Å². The molecule has 0 amide bonds. The van der Waals surface area contributed by atoms with Crippen LogP contribution in [0.1, 0.15) is 7.43 Å². The molecule has 0 saturated heterocycles. The van der Waals surface area contributed by atoms with E-state index in [1.54, 1.807) is 0 Å². The van der Waals surface area contributed by atoms with E-state index in [4.69, 9.17) is 0 Å². The second-order valence-electron chi connectivity index (χ2n) is 2.86. The van der Waals surface area contributed by atoms with Crippen molar-refractivity contribution in [1.82, 2.24) is 21.3 Å². The number of thiocarbonyl (C=S) groups is 4. The summed E-state index contributed by atoms with van der Waals surface area (Å²) < 4.78 is 1.49. The van der Waals surface area contributed by atoms with E-state index >= 15 is 0 Å². The van der Waals surface area contributed by atoms with E-state index in [1.165, 1.54) is 0 Å². The Morgan fingerprint density at radius 1 is 0.565 bits per heavy atom. The van der Waals surface area contributed by atoms with Gasteiger partial charge in [-0.3, -0.25) is 0 Å². The predicted molar refractivity (Wildman–Crippen MR) is 119 cm³/mol. The molecule has 0 aromatic rings. The van der Waals surface area contributed by atoms with Gasteiger partial charge in [-0.1, -0.05) is 24.7 Å². The Bertz CT molecular complexity index is 284. The molecule has 0 aliphatic carbocycles. The predicted octanol–water partition coefficient (Wildman–Crippen LogP) is 0.289. The van der Waals surface area contributed by atoms with Gasteiger partial charge in [-0.25, -0.2) is 0 Å². The molecule has 0 aromatic heterocycles. The van der Waals surface area contributed by atoms with Crippen molar-refractivity contribution in [1.29, 1.82) is 0 Å². The molecular formula is C9H16MnN4S8Zn. The van der Waals surface area contributed by atoms with Crippen molar-refractivity contribution < 1.29 is 36.5 Å². The van der Waals surface area contributed by atoms with Gasteiger partial charge in [-0.2, -0.15) is 0 Å². The van der Waals surface area contributed by atoms with E-state index in [-0.39, 0.29) is 44.0 Å². The smallest absolute Gasteiger partial charge is 0.412 e. The second kappa shape index (κ2) is 25.8. The Morgan fingerprint density at radius 3 is 0.783 bits per heavy atom. The summed E-state index contributed by atoms with van der Waals surface area (Å²) in [6.45, 7) is 2.66. The van der Waals surface area contributed by atoms with Gasteiger partial charge in [0.05, 0.1) is 0 Å². The van der Waals surface area contributed by atoms with Crippen LogP contribution in [0.4, 0.5) is 0 Å². The molecular weight excluding hydrogens is 541 g/mol. The van der Waals surface area contributed by atoms with Crippen molar-refractivity contribution >= 4 is 117 Å². The van der Waals surface area contributed by atoms with E-state index in [2.05, 4.69) is 121 Å². The second-order valence-corrected chi connectivity index (χ2v) is 7.16. The number of rotatable bonds is 6. The van der Waals surface area contributed by atoms with E-state index in [0.717, 1.165) is 0 Å². The van der Waals surface area contributed by atoms with Crippen LogP contribution in [0.25, 0.3) is 0 Å². The summed E-state index contributed by atoms with van der Waals surface area (Å²) in [5.74, 6) is 0. The van der Waals surface area contributed by atoms with Crippen LogP contribution in [0.5, 0.6) is 0 Å². The van der Waals surface area contributed by atoms with E-state index in [9.17, 15) is 0 Å². The molecule has 0 saturated carbocycles. The zero-order chi connectivity index (χ0) is 16.0. The van der Waals surface area contributed by atoms with E-state index in [0.29, 0.717) is 43.5 Å². The largest absolute Gasteiger partial charge is 2.00 e. The Hall–Kier alpha value is 1.58. The summed E-state index contributed by atoms with van der Waals surface area (Å²) in [6, 6.07) is 0. The molecule has 0 heterocycles. The van der Waals surface area contributed by atoms with Crippen molar-refractivity contribution in [3.05, 3.63) is 0 Å². The van der Waals surface area contributed by atoms with E-state index in [1.807, 2.05) is 0 Å². The number of hydrogen-bond donors (Lipinski definition) is 4. The molecule has 23 heavy (non-hydrogen) atoms. The molecule has 0 aromatic carbocycles. The van der Waals surface area contributed by atoms with Crippen LogP contribution in [0, 0.1) is 0 Å². The monoisotopic (exact) mass is 555 g/mol. The molecule has 4 N–H and O–H groups in total. The van der Waals surface area contributed by atoms with Crippen LogP contribution in [-0.4, -0.2) is 43.5 Å². The average molecular weight is 557 g/mol. The van der Waals surface area contributed by atoms with Gasteiger partial charge >= 0.3 is 36.5 Å². The van der Waals surface area contributed by atoms with Crippen LogP contribution in [-0.2, 0) is 87.1 Å². The zero-order valence-electron chi connectivity index (χ0n) is 11.2. The third-order valence-corrected chi connectivity index (χ3v) is 2.48. The fraction of sp³-hybridized carbons (Fsp3) is 0.556. The first-order chi connectivity index (χ1) is 9.25. The van der Waals surface area contributed by atoms with Gasteiger partial charge in [-0.15, -0.1) is 0 Å². The summed E-state index contributed by atoms with van der Waals surface area (Å²) in [5, 5.41) is 11.1. The fourth-order valence-electron chi connectivity index (χ4n) is 0.658. The molecule has 0 spiro atoms. The van der Waals surface area contributed by atoms with Gasteiger partial charge in [0.1, 0.15) is 0 Å². The zero-order valence-corrected chi connectivity index (χ0v) is 21.9. The molecule has 0 aliphatic heterocycles. The van der Waals surface area contributed by atoms with Gasteiger partial charge in [-0.05, 0) is 0 Å². The molecule has 1 radical (unpaired) electrons. The minimum absolute atomic E-state index is 0. The van der Waals surface area contributed by atoms with Crippen molar-refractivity contribution in [2.75, 3.05) is 26.2 Å².